The van der Waals surface area contributed by atoms with Gasteiger partial charge in [-0.2, -0.15) is 0 Å². The van der Waals surface area contributed by atoms with Crippen LogP contribution in [0.1, 0.15) is 11.1 Å². The standard InChI is InChI=1S/C11H10ClNO/c1-7-4-9-10(12)2-3-13-11(9)5-8(7)6-14/h2-5,14H,6H2,1H3. The van der Waals surface area contributed by atoms with Crippen LogP contribution in [0.4, 0.5) is 0 Å². The van der Waals surface area contributed by atoms with Gasteiger partial charge in [-0.1, -0.05) is 11.6 Å². The molecule has 3 heteroatoms. The molecule has 0 fully saturated rings. The van der Waals surface area contributed by atoms with Gasteiger partial charge in [-0.05, 0) is 36.2 Å². The number of aromatic nitrogens is 1. The minimum absolute atomic E-state index is 0.0377. The Kier molecular flexibility index (Phi) is 2.40. The first-order valence-electron chi connectivity index (χ1n) is 4.37. The van der Waals surface area contributed by atoms with Crippen LogP contribution in [-0.4, -0.2) is 10.1 Å². The summed E-state index contributed by atoms with van der Waals surface area (Å²) in [7, 11) is 0. The van der Waals surface area contributed by atoms with E-state index in [-0.39, 0.29) is 6.61 Å². The van der Waals surface area contributed by atoms with Crippen LogP contribution < -0.4 is 0 Å². The zero-order valence-electron chi connectivity index (χ0n) is 7.79. The zero-order chi connectivity index (χ0) is 10.1. The van der Waals surface area contributed by atoms with Crippen molar-refractivity contribution in [2.24, 2.45) is 0 Å². The minimum Gasteiger partial charge on any atom is -0.392 e. The van der Waals surface area contributed by atoms with Crippen molar-refractivity contribution in [2.45, 2.75) is 13.5 Å². The summed E-state index contributed by atoms with van der Waals surface area (Å²) in [6.07, 6.45) is 1.67. The molecule has 2 nitrogen and oxygen atoms in total. The number of rotatable bonds is 1. The molecule has 2 rings (SSSR count). The van der Waals surface area contributed by atoms with Crippen molar-refractivity contribution in [3.05, 3.63) is 40.5 Å². The molecule has 0 saturated heterocycles. The summed E-state index contributed by atoms with van der Waals surface area (Å²) in [6.45, 7) is 1.99. The lowest BCUT2D eigenvalue weighted by atomic mass is 10.1. The molecule has 14 heavy (non-hydrogen) atoms. The molecule has 1 aromatic carbocycles. The third-order valence-corrected chi connectivity index (χ3v) is 2.65. The van der Waals surface area contributed by atoms with Crippen molar-refractivity contribution in [2.75, 3.05) is 0 Å². The lowest BCUT2D eigenvalue weighted by molar-refractivity contribution is 0.281. The van der Waals surface area contributed by atoms with Gasteiger partial charge in [0.05, 0.1) is 17.1 Å². The van der Waals surface area contributed by atoms with E-state index in [4.69, 9.17) is 16.7 Å². The topological polar surface area (TPSA) is 33.1 Å². The Bertz CT molecular complexity index is 482. The van der Waals surface area contributed by atoms with E-state index >= 15 is 0 Å². The summed E-state index contributed by atoms with van der Waals surface area (Å²) >= 11 is 6.02. The predicted octanol–water partition coefficient (Wildman–Crippen LogP) is 2.69. The monoisotopic (exact) mass is 207 g/mol. The molecule has 0 aliphatic carbocycles. The number of pyridine rings is 1. The molecule has 1 aromatic heterocycles. The van der Waals surface area contributed by atoms with Gasteiger partial charge in [-0.15, -0.1) is 0 Å². The molecule has 0 radical (unpaired) electrons. The first-order valence-corrected chi connectivity index (χ1v) is 4.75. The Hall–Kier alpha value is -1.12. The minimum atomic E-state index is 0.0377. The molecule has 0 aliphatic rings. The fourth-order valence-corrected chi connectivity index (χ4v) is 1.69. The van der Waals surface area contributed by atoms with Crippen LogP contribution in [0.3, 0.4) is 0 Å². The van der Waals surface area contributed by atoms with Crippen LogP contribution >= 0.6 is 11.6 Å². The number of benzene rings is 1. The molecular formula is C11H10ClNO. The Morgan fingerprint density at radius 1 is 1.43 bits per heavy atom. The molecular weight excluding hydrogens is 198 g/mol. The maximum absolute atomic E-state index is 9.09. The van der Waals surface area contributed by atoms with Crippen LogP contribution in [-0.2, 0) is 6.61 Å². The first kappa shape index (κ1) is 9.44. The average molecular weight is 208 g/mol. The third kappa shape index (κ3) is 1.47. The second-order valence-electron chi connectivity index (χ2n) is 3.25. The maximum atomic E-state index is 9.09. The maximum Gasteiger partial charge on any atom is 0.0720 e. The Balaban J connectivity index is 2.79. The average Bonchev–Trinajstić information content (AvgIpc) is 2.19. The number of fused-ring (bicyclic) bond motifs is 1. The van der Waals surface area contributed by atoms with Crippen LogP contribution in [0.15, 0.2) is 24.4 Å². The summed E-state index contributed by atoms with van der Waals surface area (Å²) in [5.41, 5.74) is 2.76. The summed E-state index contributed by atoms with van der Waals surface area (Å²) in [4.78, 5) is 4.20. The van der Waals surface area contributed by atoms with Crippen LogP contribution in [0, 0.1) is 6.92 Å². The highest BCUT2D eigenvalue weighted by Crippen LogP contribution is 2.24. The molecule has 0 spiro atoms. The fraction of sp³-hybridized carbons (Fsp3) is 0.182. The quantitative estimate of drug-likeness (QED) is 0.780. The molecule has 0 saturated carbocycles. The highest BCUT2D eigenvalue weighted by Gasteiger charge is 2.03. The van der Waals surface area contributed by atoms with Crippen molar-refractivity contribution in [3.8, 4) is 0 Å². The van der Waals surface area contributed by atoms with Gasteiger partial charge in [0.25, 0.3) is 0 Å². The zero-order valence-corrected chi connectivity index (χ0v) is 8.54. The largest absolute Gasteiger partial charge is 0.392 e. The van der Waals surface area contributed by atoms with Gasteiger partial charge in [0.1, 0.15) is 0 Å². The van der Waals surface area contributed by atoms with E-state index < -0.39 is 0 Å². The summed E-state index contributed by atoms with van der Waals surface area (Å²) in [5.74, 6) is 0. The summed E-state index contributed by atoms with van der Waals surface area (Å²) in [6, 6.07) is 5.59. The van der Waals surface area contributed by atoms with Crippen molar-refractivity contribution in [1.29, 1.82) is 0 Å². The Morgan fingerprint density at radius 2 is 2.21 bits per heavy atom. The van der Waals surface area contributed by atoms with Gasteiger partial charge in [0.2, 0.25) is 0 Å². The van der Waals surface area contributed by atoms with Gasteiger partial charge in [-0.3, -0.25) is 4.98 Å². The normalized spacial score (nSPS) is 10.8. The van der Waals surface area contributed by atoms with Crippen LogP contribution in [0.5, 0.6) is 0 Å². The number of aliphatic hydroxyl groups is 1. The van der Waals surface area contributed by atoms with E-state index in [9.17, 15) is 0 Å². The molecule has 1 N–H and O–H groups in total. The molecule has 72 valence electrons. The van der Waals surface area contributed by atoms with Crippen molar-refractivity contribution >= 4 is 22.5 Å². The first-order chi connectivity index (χ1) is 6.72. The van der Waals surface area contributed by atoms with E-state index in [1.807, 2.05) is 19.1 Å². The summed E-state index contributed by atoms with van der Waals surface area (Å²) < 4.78 is 0. The third-order valence-electron chi connectivity index (χ3n) is 2.32. The van der Waals surface area contributed by atoms with E-state index in [1.165, 1.54) is 0 Å². The fourth-order valence-electron chi connectivity index (χ4n) is 1.48. The number of hydrogen-bond acceptors (Lipinski definition) is 2. The van der Waals surface area contributed by atoms with E-state index in [2.05, 4.69) is 4.98 Å². The highest BCUT2D eigenvalue weighted by molar-refractivity contribution is 6.35. The number of aryl methyl sites for hydroxylation is 1. The van der Waals surface area contributed by atoms with Crippen LogP contribution in [0.25, 0.3) is 10.9 Å². The molecule has 2 aromatic rings. The predicted molar refractivity (Wildman–Crippen MR) is 57.4 cm³/mol. The second-order valence-corrected chi connectivity index (χ2v) is 3.65. The lowest BCUT2D eigenvalue weighted by Crippen LogP contribution is -1.90. The highest BCUT2D eigenvalue weighted by atomic mass is 35.5. The smallest absolute Gasteiger partial charge is 0.0720 e. The van der Waals surface area contributed by atoms with E-state index in [0.29, 0.717) is 5.02 Å². The molecule has 0 bridgehead atoms. The molecule has 0 atom stereocenters. The van der Waals surface area contributed by atoms with E-state index in [0.717, 1.165) is 22.0 Å². The van der Waals surface area contributed by atoms with Gasteiger partial charge in [-0.25, -0.2) is 0 Å². The van der Waals surface area contributed by atoms with Gasteiger partial charge in [0.15, 0.2) is 0 Å². The molecule has 0 unspecified atom stereocenters. The second kappa shape index (κ2) is 3.56. The number of aliphatic hydroxyl groups excluding tert-OH is 1. The van der Waals surface area contributed by atoms with Crippen molar-refractivity contribution in [1.82, 2.24) is 4.98 Å². The Labute approximate surface area is 87.2 Å². The lowest BCUT2D eigenvalue weighted by Gasteiger charge is -2.05. The van der Waals surface area contributed by atoms with E-state index in [1.54, 1.807) is 12.3 Å². The van der Waals surface area contributed by atoms with Crippen molar-refractivity contribution < 1.29 is 5.11 Å². The number of halogens is 1. The van der Waals surface area contributed by atoms with Gasteiger partial charge in [0, 0.05) is 11.6 Å². The van der Waals surface area contributed by atoms with Crippen LogP contribution in [0.2, 0.25) is 5.02 Å². The SMILES string of the molecule is Cc1cc2c(Cl)ccnc2cc1CO. The Morgan fingerprint density at radius 3 is 2.93 bits per heavy atom. The van der Waals surface area contributed by atoms with Crippen molar-refractivity contribution in [3.63, 3.8) is 0 Å². The molecule has 1 heterocycles. The molecule has 0 aliphatic heterocycles. The number of hydrogen-bond donors (Lipinski definition) is 1. The summed E-state index contributed by atoms with van der Waals surface area (Å²) in [5, 5.41) is 10.7. The number of nitrogens with zero attached hydrogens (tertiary/aromatic N) is 1. The van der Waals surface area contributed by atoms with Gasteiger partial charge >= 0.3 is 0 Å². The molecule has 0 amide bonds. The van der Waals surface area contributed by atoms with Gasteiger partial charge < -0.3 is 5.11 Å².